The average Bonchev–Trinajstić information content (AvgIpc) is 2.19. The minimum absolute atomic E-state index is 0.277. The van der Waals surface area contributed by atoms with E-state index in [1.54, 1.807) is 21.3 Å². The molecule has 0 aromatic rings. The van der Waals surface area contributed by atoms with Crippen LogP contribution >= 0.6 is 0 Å². The molecule has 0 aromatic heterocycles. The first-order chi connectivity index (χ1) is 6.60. The molecule has 2 N–H and O–H groups in total. The highest BCUT2D eigenvalue weighted by Crippen LogP contribution is 2.17. The highest BCUT2D eigenvalue weighted by Gasteiger charge is 2.36. The van der Waals surface area contributed by atoms with Gasteiger partial charge in [-0.2, -0.15) is 0 Å². The Balaban J connectivity index is 3.71. The normalized spacial score (nSPS) is 14.4. The molecule has 14 heavy (non-hydrogen) atoms. The van der Waals surface area contributed by atoms with E-state index in [0.29, 0.717) is 0 Å². The third-order valence-electron chi connectivity index (χ3n) is 2.33. The highest BCUT2D eigenvalue weighted by atomic mass is 28.4. The molecule has 5 heteroatoms. The van der Waals surface area contributed by atoms with Gasteiger partial charge >= 0.3 is 8.80 Å². The Bertz CT molecular complexity index is 132. The van der Waals surface area contributed by atoms with E-state index in [1.165, 1.54) is 0 Å². The van der Waals surface area contributed by atoms with Crippen LogP contribution in [0.4, 0.5) is 0 Å². The van der Waals surface area contributed by atoms with Crippen molar-refractivity contribution in [3.63, 3.8) is 0 Å². The lowest BCUT2D eigenvalue weighted by molar-refractivity contribution is 0.122. The molecule has 1 atom stereocenters. The van der Waals surface area contributed by atoms with Gasteiger partial charge < -0.3 is 19.0 Å². The maximum Gasteiger partial charge on any atom is 0.500 e. The van der Waals surface area contributed by atoms with E-state index in [-0.39, 0.29) is 6.04 Å². The predicted molar refractivity (Wildman–Crippen MR) is 59.1 cm³/mol. The molecule has 0 amide bonds. The Kier molecular flexibility index (Phi) is 7.39. The number of hydrogen-bond donors (Lipinski definition) is 1. The van der Waals surface area contributed by atoms with Crippen LogP contribution in [0.15, 0.2) is 0 Å². The number of hydrogen-bond acceptors (Lipinski definition) is 4. The predicted octanol–water partition coefficient (Wildman–Crippen LogP) is 1.38. The molecule has 0 bridgehead atoms. The van der Waals surface area contributed by atoms with Crippen molar-refractivity contribution in [3.8, 4) is 0 Å². The van der Waals surface area contributed by atoms with Crippen LogP contribution in [0.2, 0.25) is 6.04 Å². The van der Waals surface area contributed by atoms with Crippen LogP contribution in [0.25, 0.3) is 0 Å². The minimum atomic E-state index is -2.33. The standard InChI is InChI=1S/C9H23NO3Si/c1-9(10)7-5-6-8-14(11-2,12-3)13-4/h9H,5-8,10H2,1-4H3. The second kappa shape index (κ2) is 7.36. The molecule has 0 rings (SSSR count). The summed E-state index contributed by atoms with van der Waals surface area (Å²) in [6.07, 6.45) is 3.19. The highest BCUT2D eigenvalue weighted by molar-refractivity contribution is 6.60. The molecular formula is C9H23NO3Si. The quantitative estimate of drug-likeness (QED) is 0.497. The van der Waals surface area contributed by atoms with Crippen LogP contribution < -0.4 is 5.73 Å². The molecule has 0 heterocycles. The van der Waals surface area contributed by atoms with Gasteiger partial charge in [-0.1, -0.05) is 6.42 Å². The molecule has 0 radical (unpaired) electrons. The topological polar surface area (TPSA) is 53.7 Å². The van der Waals surface area contributed by atoms with Crippen LogP contribution in [0.3, 0.4) is 0 Å². The van der Waals surface area contributed by atoms with Crippen molar-refractivity contribution in [2.45, 2.75) is 38.3 Å². The lowest BCUT2D eigenvalue weighted by atomic mass is 10.2. The van der Waals surface area contributed by atoms with Crippen LogP contribution in [0, 0.1) is 0 Å². The van der Waals surface area contributed by atoms with Crippen molar-refractivity contribution in [1.82, 2.24) is 0 Å². The van der Waals surface area contributed by atoms with E-state index >= 15 is 0 Å². The Hall–Kier alpha value is 0.0569. The van der Waals surface area contributed by atoms with E-state index < -0.39 is 8.80 Å². The first-order valence-corrected chi connectivity index (χ1v) is 6.94. The van der Waals surface area contributed by atoms with Gasteiger partial charge in [0.15, 0.2) is 0 Å². The molecule has 0 aliphatic rings. The summed E-state index contributed by atoms with van der Waals surface area (Å²) in [4.78, 5) is 0. The Labute approximate surface area is 88.1 Å². The monoisotopic (exact) mass is 221 g/mol. The SMILES string of the molecule is CO[Si](CCCCC(C)N)(OC)OC. The van der Waals surface area contributed by atoms with E-state index in [0.717, 1.165) is 25.3 Å². The first kappa shape index (κ1) is 14.1. The summed E-state index contributed by atoms with van der Waals surface area (Å²) >= 11 is 0. The Morgan fingerprint density at radius 3 is 1.93 bits per heavy atom. The zero-order valence-electron chi connectivity index (χ0n) is 9.71. The van der Waals surface area contributed by atoms with Gasteiger partial charge in [0, 0.05) is 33.4 Å². The molecular weight excluding hydrogens is 198 g/mol. The molecule has 0 aromatic carbocycles. The fourth-order valence-electron chi connectivity index (χ4n) is 1.36. The summed E-state index contributed by atoms with van der Waals surface area (Å²) < 4.78 is 15.9. The zero-order chi connectivity index (χ0) is 11.0. The minimum Gasteiger partial charge on any atom is -0.377 e. The largest absolute Gasteiger partial charge is 0.500 e. The van der Waals surface area contributed by atoms with E-state index in [4.69, 9.17) is 19.0 Å². The molecule has 0 aliphatic carbocycles. The Morgan fingerprint density at radius 1 is 1.07 bits per heavy atom. The van der Waals surface area contributed by atoms with Gasteiger partial charge in [-0.15, -0.1) is 0 Å². The van der Waals surface area contributed by atoms with E-state index in [9.17, 15) is 0 Å². The van der Waals surface area contributed by atoms with Crippen LogP contribution in [0.5, 0.6) is 0 Å². The van der Waals surface area contributed by atoms with Gasteiger partial charge in [-0.05, 0) is 19.8 Å². The van der Waals surface area contributed by atoms with Crippen molar-refractivity contribution in [2.24, 2.45) is 5.73 Å². The summed E-state index contributed by atoms with van der Waals surface area (Å²) in [5, 5.41) is 0. The third kappa shape index (κ3) is 5.07. The zero-order valence-corrected chi connectivity index (χ0v) is 10.7. The first-order valence-electron chi connectivity index (χ1n) is 5.01. The molecule has 86 valence electrons. The number of unbranched alkanes of at least 4 members (excludes halogenated alkanes) is 1. The Morgan fingerprint density at radius 2 is 1.57 bits per heavy atom. The maximum atomic E-state index is 5.66. The molecule has 0 fully saturated rings. The fraction of sp³-hybridized carbons (Fsp3) is 1.00. The van der Waals surface area contributed by atoms with Gasteiger partial charge in [0.2, 0.25) is 0 Å². The summed E-state index contributed by atoms with van der Waals surface area (Å²) in [5.41, 5.74) is 5.66. The second-order valence-corrected chi connectivity index (χ2v) is 6.61. The van der Waals surface area contributed by atoms with Gasteiger partial charge in [0.05, 0.1) is 0 Å². The van der Waals surface area contributed by atoms with Gasteiger partial charge in [0.25, 0.3) is 0 Å². The second-order valence-electron chi connectivity index (χ2n) is 3.52. The summed E-state index contributed by atoms with van der Waals surface area (Å²) in [7, 11) is 2.60. The van der Waals surface area contributed by atoms with Crippen molar-refractivity contribution >= 4 is 8.80 Å². The molecule has 0 aliphatic heterocycles. The average molecular weight is 221 g/mol. The van der Waals surface area contributed by atoms with Crippen molar-refractivity contribution in [1.29, 1.82) is 0 Å². The maximum absolute atomic E-state index is 5.66. The van der Waals surface area contributed by atoms with Crippen molar-refractivity contribution in [3.05, 3.63) is 0 Å². The van der Waals surface area contributed by atoms with Crippen LogP contribution in [-0.4, -0.2) is 36.2 Å². The number of rotatable bonds is 8. The van der Waals surface area contributed by atoms with E-state index in [1.807, 2.05) is 6.92 Å². The summed E-state index contributed by atoms with van der Waals surface area (Å²) in [5.74, 6) is 0. The molecule has 0 saturated heterocycles. The molecule has 0 saturated carbocycles. The van der Waals surface area contributed by atoms with Crippen molar-refractivity contribution in [2.75, 3.05) is 21.3 Å². The smallest absolute Gasteiger partial charge is 0.377 e. The van der Waals surface area contributed by atoms with E-state index in [2.05, 4.69) is 0 Å². The number of nitrogens with two attached hydrogens (primary N) is 1. The van der Waals surface area contributed by atoms with Gasteiger partial charge in [-0.25, -0.2) is 0 Å². The van der Waals surface area contributed by atoms with Crippen LogP contribution in [-0.2, 0) is 13.3 Å². The third-order valence-corrected chi connectivity index (χ3v) is 5.16. The fourth-order valence-corrected chi connectivity index (χ4v) is 3.16. The summed E-state index contributed by atoms with van der Waals surface area (Å²) in [6, 6.07) is 1.14. The van der Waals surface area contributed by atoms with Gasteiger partial charge in [-0.3, -0.25) is 0 Å². The molecule has 4 nitrogen and oxygen atoms in total. The summed E-state index contributed by atoms with van der Waals surface area (Å²) in [6.45, 7) is 2.02. The van der Waals surface area contributed by atoms with Crippen molar-refractivity contribution < 1.29 is 13.3 Å². The van der Waals surface area contributed by atoms with Gasteiger partial charge in [0.1, 0.15) is 0 Å². The van der Waals surface area contributed by atoms with Crippen LogP contribution in [0.1, 0.15) is 26.2 Å². The molecule has 0 spiro atoms. The molecule has 1 unspecified atom stereocenters. The lowest BCUT2D eigenvalue weighted by Crippen LogP contribution is -2.42. The lowest BCUT2D eigenvalue weighted by Gasteiger charge is -2.24.